The molecule has 0 aromatic heterocycles. The minimum absolute atomic E-state index is 0.406. The number of hydrogen-bond donors (Lipinski definition) is 3. The van der Waals surface area contributed by atoms with Gasteiger partial charge in [0.2, 0.25) is 0 Å². The van der Waals surface area contributed by atoms with Gasteiger partial charge in [-0.2, -0.15) is 0 Å². The molecule has 0 unspecified atom stereocenters. The van der Waals surface area contributed by atoms with Gasteiger partial charge in [0.05, 0.1) is 11.4 Å². The second kappa shape index (κ2) is 7.30. The van der Waals surface area contributed by atoms with Gasteiger partial charge in [-0.3, -0.25) is 0 Å². The van der Waals surface area contributed by atoms with Gasteiger partial charge in [-0.1, -0.05) is 0 Å². The van der Waals surface area contributed by atoms with Gasteiger partial charge < -0.3 is 30.6 Å². The summed E-state index contributed by atoms with van der Waals surface area (Å²) in [6.07, 6.45) is 0.337. The third kappa shape index (κ3) is 5.43. The second-order valence-electron chi connectivity index (χ2n) is 6.29. The average Bonchev–Trinajstić information content (AvgIpc) is 2.45. The highest BCUT2D eigenvalue weighted by atomic mass is 16.6. The van der Waals surface area contributed by atoms with Crippen molar-refractivity contribution in [2.24, 2.45) is 0 Å². The zero-order valence-corrected chi connectivity index (χ0v) is 13.9. The lowest BCUT2D eigenvalue weighted by Crippen LogP contribution is -2.33. The Morgan fingerprint density at radius 2 is 1.87 bits per heavy atom. The van der Waals surface area contributed by atoms with Gasteiger partial charge in [0.25, 0.3) is 0 Å². The van der Waals surface area contributed by atoms with E-state index in [1.807, 2.05) is 26.8 Å². The van der Waals surface area contributed by atoms with E-state index in [0.717, 1.165) is 12.1 Å². The third-order valence-electron chi connectivity index (χ3n) is 3.05. The Balaban J connectivity index is 1.73. The number of nitrogens with one attached hydrogen (secondary N) is 2. The molecule has 2 rings (SSSR count). The van der Waals surface area contributed by atoms with Crippen LogP contribution in [0.25, 0.3) is 0 Å². The number of benzene rings is 1. The van der Waals surface area contributed by atoms with Gasteiger partial charge in [0.15, 0.2) is 11.5 Å². The Morgan fingerprint density at radius 1 is 1.22 bits per heavy atom. The molecule has 0 aliphatic carbocycles. The van der Waals surface area contributed by atoms with Gasteiger partial charge in [-0.05, 0) is 27.2 Å². The molecule has 1 aliphatic heterocycles. The largest absolute Gasteiger partial charge is 0.486 e. The molecular formula is C16H25N3O4. The van der Waals surface area contributed by atoms with Crippen molar-refractivity contribution in [2.75, 3.05) is 37.4 Å². The summed E-state index contributed by atoms with van der Waals surface area (Å²) in [4.78, 5) is 11.5. The molecule has 0 bridgehead atoms. The Hall–Kier alpha value is -2.31. The minimum Gasteiger partial charge on any atom is -0.486 e. The van der Waals surface area contributed by atoms with Crippen LogP contribution in [0, 0.1) is 0 Å². The molecule has 1 heterocycles. The number of anilines is 2. The third-order valence-corrected chi connectivity index (χ3v) is 3.05. The predicted molar refractivity (Wildman–Crippen MR) is 89.2 cm³/mol. The van der Waals surface area contributed by atoms with Crippen LogP contribution in [0.2, 0.25) is 0 Å². The first kappa shape index (κ1) is 17.1. The topological polar surface area (TPSA) is 94.8 Å². The minimum atomic E-state index is -0.484. The number of amides is 1. The maximum Gasteiger partial charge on any atom is 0.407 e. The summed E-state index contributed by atoms with van der Waals surface area (Å²) >= 11 is 0. The molecule has 128 valence electrons. The maximum absolute atomic E-state index is 11.5. The number of rotatable bonds is 5. The van der Waals surface area contributed by atoms with Crippen molar-refractivity contribution >= 4 is 17.5 Å². The van der Waals surface area contributed by atoms with Crippen LogP contribution in [-0.4, -0.2) is 38.0 Å². The fraction of sp³-hybridized carbons (Fsp3) is 0.562. The fourth-order valence-corrected chi connectivity index (χ4v) is 2.07. The molecule has 0 fully saturated rings. The summed E-state index contributed by atoms with van der Waals surface area (Å²) in [6.45, 7) is 7.76. The molecular weight excluding hydrogens is 298 g/mol. The SMILES string of the molecule is CC(C)(C)OC(=O)NCCCNc1cc2c(cc1N)OCCO2. The average molecular weight is 323 g/mol. The van der Waals surface area contributed by atoms with Crippen molar-refractivity contribution in [3.05, 3.63) is 12.1 Å². The van der Waals surface area contributed by atoms with Crippen molar-refractivity contribution < 1.29 is 19.0 Å². The molecule has 7 heteroatoms. The number of nitrogens with two attached hydrogens (primary N) is 1. The summed E-state index contributed by atoms with van der Waals surface area (Å²) < 4.78 is 16.2. The molecule has 0 atom stereocenters. The quantitative estimate of drug-likeness (QED) is 0.569. The highest BCUT2D eigenvalue weighted by molar-refractivity contribution is 5.72. The van der Waals surface area contributed by atoms with Crippen LogP contribution in [0.5, 0.6) is 11.5 Å². The van der Waals surface area contributed by atoms with E-state index < -0.39 is 11.7 Å². The summed E-state index contributed by atoms with van der Waals surface area (Å²) in [5, 5.41) is 5.95. The highest BCUT2D eigenvalue weighted by Crippen LogP contribution is 2.36. The molecule has 4 N–H and O–H groups in total. The number of ether oxygens (including phenoxy) is 3. The number of nitrogen functional groups attached to an aromatic ring is 1. The Kier molecular flexibility index (Phi) is 5.41. The lowest BCUT2D eigenvalue weighted by Gasteiger charge is -2.21. The number of alkyl carbamates (subject to hydrolysis) is 1. The van der Waals surface area contributed by atoms with E-state index in [-0.39, 0.29) is 0 Å². The predicted octanol–water partition coefficient (Wildman–Crippen LogP) is 2.37. The summed E-state index contributed by atoms with van der Waals surface area (Å²) in [7, 11) is 0. The number of carbonyl (C=O) groups is 1. The second-order valence-corrected chi connectivity index (χ2v) is 6.29. The molecule has 1 aromatic rings. The zero-order chi connectivity index (χ0) is 16.9. The van der Waals surface area contributed by atoms with Crippen molar-refractivity contribution in [3.63, 3.8) is 0 Å². The lowest BCUT2D eigenvalue weighted by molar-refractivity contribution is 0.0528. The van der Waals surface area contributed by atoms with Crippen molar-refractivity contribution in [2.45, 2.75) is 32.8 Å². The van der Waals surface area contributed by atoms with Gasteiger partial charge >= 0.3 is 6.09 Å². The molecule has 0 saturated heterocycles. The Bertz CT molecular complexity index is 555. The molecule has 1 aromatic carbocycles. The molecule has 0 saturated carbocycles. The van der Waals surface area contributed by atoms with E-state index in [4.69, 9.17) is 19.9 Å². The Morgan fingerprint density at radius 3 is 2.52 bits per heavy atom. The van der Waals surface area contributed by atoms with Crippen molar-refractivity contribution in [3.8, 4) is 11.5 Å². The van der Waals surface area contributed by atoms with Crippen LogP contribution < -0.4 is 25.8 Å². The molecule has 1 amide bonds. The van der Waals surface area contributed by atoms with Gasteiger partial charge in [0, 0.05) is 25.2 Å². The number of carbonyl (C=O) groups excluding carboxylic acids is 1. The van der Waals surface area contributed by atoms with Gasteiger partial charge in [0.1, 0.15) is 18.8 Å². The lowest BCUT2D eigenvalue weighted by atomic mass is 10.2. The summed E-state index contributed by atoms with van der Waals surface area (Å²) in [5.41, 5.74) is 6.91. The van der Waals surface area contributed by atoms with Crippen LogP contribution >= 0.6 is 0 Å². The van der Waals surface area contributed by atoms with Crippen LogP contribution in [0.4, 0.5) is 16.2 Å². The summed E-state index contributed by atoms with van der Waals surface area (Å²) in [5.74, 6) is 1.37. The van der Waals surface area contributed by atoms with Gasteiger partial charge in [-0.15, -0.1) is 0 Å². The smallest absolute Gasteiger partial charge is 0.407 e. The zero-order valence-electron chi connectivity index (χ0n) is 13.9. The van der Waals surface area contributed by atoms with Crippen LogP contribution in [-0.2, 0) is 4.74 Å². The summed E-state index contributed by atoms with van der Waals surface area (Å²) in [6, 6.07) is 3.60. The highest BCUT2D eigenvalue weighted by Gasteiger charge is 2.16. The van der Waals surface area contributed by atoms with E-state index in [2.05, 4.69) is 10.6 Å². The van der Waals surface area contributed by atoms with Crippen molar-refractivity contribution in [1.29, 1.82) is 0 Å². The standard InChI is InChI=1S/C16H25N3O4/c1-16(2,3)23-15(20)19-6-4-5-18-12-10-14-13(9-11(12)17)21-7-8-22-14/h9-10,18H,4-8,17H2,1-3H3,(H,19,20). The monoisotopic (exact) mass is 323 g/mol. The number of fused-ring (bicyclic) bond motifs is 1. The van der Waals surface area contributed by atoms with E-state index in [1.54, 1.807) is 6.07 Å². The molecule has 23 heavy (non-hydrogen) atoms. The first-order chi connectivity index (χ1) is 10.8. The Labute approximate surface area is 136 Å². The first-order valence-electron chi connectivity index (χ1n) is 7.75. The van der Waals surface area contributed by atoms with E-state index in [0.29, 0.717) is 43.5 Å². The number of hydrogen-bond acceptors (Lipinski definition) is 6. The van der Waals surface area contributed by atoms with Crippen LogP contribution in [0.15, 0.2) is 12.1 Å². The molecule has 7 nitrogen and oxygen atoms in total. The van der Waals surface area contributed by atoms with Crippen LogP contribution in [0.1, 0.15) is 27.2 Å². The van der Waals surface area contributed by atoms with Crippen molar-refractivity contribution in [1.82, 2.24) is 5.32 Å². The fourth-order valence-electron chi connectivity index (χ4n) is 2.07. The molecule has 1 aliphatic rings. The van der Waals surface area contributed by atoms with E-state index in [1.165, 1.54) is 0 Å². The van der Waals surface area contributed by atoms with E-state index in [9.17, 15) is 4.79 Å². The van der Waals surface area contributed by atoms with E-state index >= 15 is 0 Å². The first-order valence-corrected chi connectivity index (χ1v) is 7.75. The van der Waals surface area contributed by atoms with Gasteiger partial charge in [-0.25, -0.2) is 4.79 Å². The normalized spacial score (nSPS) is 13.3. The molecule has 0 radical (unpaired) electrons. The maximum atomic E-state index is 11.5. The van der Waals surface area contributed by atoms with Crippen LogP contribution in [0.3, 0.4) is 0 Å². The molecule has 0 spiro atoms.